The van der Waals surface area contributed by atoms with Crippen molar-refractivity contribution in [3.05, 3.63) is 32.8 Å². The van der Waals surface area contributed by atoms with Crippen LogP contribution < -0.4 is 0 Å². The Kier molecular flexibility index (Phi) is 2.10. The van der Waals surface area contributed by atoms with Crippen LogP contribution in [0.25, 0.3) is 10.1 Å². The highest BCUT2D eigenvalue weighted by Gasteiger charge is 2.07. The molecular weight excluding hydrogens is 263 g/mol. The summed E-state index contributed by atoms with van der Waals surface area (Å²) in [4.78, 5) is 0. The van der Waals surface area contributed by atoms with Crippen LogP contribution in [0.2, 0.25) is 5.02 Å². The van der Waals surface area contributed by atoms with E-state index in [0.29, 0.717) is 14.2 Å². The third kappa shape index (κ3) is 1.26. The van der Waals surface area contributed by atoms with Crippen LogP contribution in [0.15, 0.2) is 22.0 Å². The fourth-order valence-electron chi connectivity index (χ4n) is 1.03. The van der Waals surface area contributed by atoms with E-state index in [9.17, 15) is 4.39 Å². The molecule has 0 amide bonds. The molecule has 1 aromatic heterocycles. The van der Waals surface area contributed by atoms with E-state index < -0.39 is 0 Å². The third-order valence-corrected chi connectivity index (χ3v) is 3.45. The maximum atomic E-state index is 13.2. The lowest BCUT2D eigenvalue weighted by Crippen LogP contribution is -1.73. The molecule has 0 aliphatic heterocycles. The third-order valence-electron chi connectivity index (χ3n) is 1.55. The van der Waals surface area contributed by atoms with E-state index in [1.54, 1.807) is 5.38 Å². The largest absolute Gasteiger partial charge is 0.205 e. The fourth-order valence-corrected chi connectivity index (χ4v) is 2.62. The summed E-state index contributed by atoms with van der Waals surface area (Å²) in [6, 6.07) is 3.26. The first-order valence-electron chi connectivity index (χ1n) is 3.20. The molecule has 0 spiro atoms. The Labute approximate surface area is 86.1 Å². The number of hydrogen-bond donors (Lipinski definition) is 0. The molecule has 0 radical (unpaired) electrons. The second-order valence-electron chi connectivity index (χ2n) is 2.35. The lowest BCUT2D eigenvalue weighted by atomic mass is 10.2. The van der Waals surface area contributed by atoms with Crippen molar-refractivity contribution in [3.63, 3.8) is 0 Å². The SMILES string of the molecule is Fc1cc(Br)cc2c(Cl)csc12. The van der Waals surface area contributed by atoms with Gasteiger partial charge in [-0.2, -0.15) is 0 Å². The van der Waals surface area contributed by atoms with Gasteiger partial charge in [-0.3, -0.25) is 0 Å². The Morgan fingerprint density at radius 2 is 2.17 bits per heavy atom. The van der Waals surface area contributed by atoms with E-state index in [0.717, 1.165) is 5.39 Å². The molecule has 0 aliphatic carbocycles. The standard InChI is InChI=1S/C8H3BrClFS/c9-4-1-5-6(10)3-12-8(5)7(11)2-4/h1-3H. The molecule has 1 aromatic carbocycles. The number of halogens is 3. The minimum atomic E-state index is -0.226. The first-order chi connectivity index (χ1) is 5.68. The predicted octanol–water partition coefficient (Wildman–Crippen LogP) is 4.46. The van der Waals surface area contributed by atoms with Crippen molar-refractivity contribution in [3.8, 4) is 0 Å². The van der Waals surface area contributed by atoms with Crippen LogP contribution in [0, 0.1) is 5.82 Å². The Bertz CT molecular complexity index is 438. The maximum absolute atomic E-state index is 13.2. The summed E-state index contributed by atoms with van der Waals surface area (Å²) < 4.78 is 14.5. The Morgan fingerprint density at radius 1 is 1.42 bits per heavy atom. The average Bonchev–Trinajstić information content (AvgIpc) is 2.33. The lowest BCUT2D eigenvalue weighted by molar-refractivity contribution is 0.641. The van der Waals surface area contributed by atoms with E-state index in [2.05, 4.69) is 15.9 Å². The van der Waals surface area contributed by atoms with Crippen molar-refractivity contribution in [1.82, 2.24) is 0 Å². The molecule has 12 heavy (non-hydrogen) atoms. The van der Waals surface area contributed by atoms with Gasteiger partial charge in [-0.25, -0.2) is 4.39 Å². The summed E-state index contributed by atoms with van der Waals surface area (Å²) in [7, 11) is 0. The number of fused-ring (bicyclic) bond motifs is 1. The smallest absolute Gasteiger partial charge is 0.142 e. The summed E-state index contributed by atoms with van der Waals surface area (Å²) in [5.41, 5.74) is 0. The highest BCUT2D eigenvalue weighted by molar-refractivity contribution is 9.10. The van der Waals surface area contributed by atoms with Gasteiger partial charge in [-0.05, 0) is 12.1 Å². The molecule has 0 nitrogen and oxygen atoms in total. The van der Waals surface area contributed by atoms with E-state index in [1.165, 1.54) is 17.4 Å². The molecule has 0 atom stereocenters. The second kappa shape index (κ2) is 2.98. The van der Waals surface area contributed by atoms with Crippen molar-refractivity contribution < 1.29 is 4.39 Å². The molecule has 0 saturated heterocycles. The Hall–Kier alpha value is -0.120. The molecule has 0 unspecified atom stereocenters. The van der Waals surface area contributed by atoms with Crippen LogP contribution in [-0.4, -0.2) is 0 Å². The quantitative estimate of drug-likeness (QED) is 0.660. The monoisotopic (exact) mass is 264 g/mol. The average molecular weight is 266 g/mol. The van der Waals surface area contributed by atoms with E-state index in [-0.39, 0.29) is 5.82 Å². The van der Waals surface area contributed by atoms with Crippen molar-refractivity contribution in [2.24, 2.45) is 0 Å². The Morgan fingerprint density at radius 3 is 2.92 bits per heavy atom. The van der Waals surface area contributed by atoms with Crippen molar-refractivity contribution in [1.29, 1.82) is 0 Å². The number of rotatable bonds is 0. The minimum Gasteiger partial charge on any atom is -0.205 e. The zero-order valence-corrected chi connectivity index (χ0v) is 8.93. The molecule has 0 aliphatic rings. The van der Waals surface area contributed by atoms with Gasteiger partial charge in [0.2, 0.25) is 0 Å². The normalized spacial score (nSPS) is 10.9. The molecule has 0 N–H and O–H groups in total. The predicted molar refractivity (Wildman–Crippen MR) is 54.5 cm³/mol. The van der Waals surface area contributed by atoms with Crippen molar-refractivity contribution in [2.45, 2.75) is 0 Å². The number of thiophene rings is 1. The maximum Gasteiger partial charge on any atom is 0.142 e. The number of hydrogen-bond acceptors (Lipinski definition) is 1. The molecule has 0 fully saturated rings. The van der Waals surface area contributed by atoms with Gasteiger partial charge in [-0.15, -0.1) is 11.3 Å². The van der Waals surface area contributed by atoms with E-state index >= 15 is 0 Å². The van der Waals surface area contributed by atoms with Crippen molar-refractivity contribution in [2.75, 3.05) is 0 Å². The van der Waals surface area contributed by atoms with Crippen LogP contribution in [0.3, 0.4) is 0 Å². The fraction of sp³-hybridized carbons (Fsp3) is 0. The van der Waals surface area contributed by atoms with Gasteiger partial charge in [0, 0.05) is 15.2 Å². The second-order valence-corrected chi connectivity index (χ2v) is 4.55. The molecule has 2 aromatic rings. The van der Waals surface area contributed by atoms with Gasteiger partial charge in [-0.1, -0.05) is 27.5 Å². The lowest BCUT2D eigenvalue weighted by Gasteiger charge is -1.94. The topological polar surface area (TPSA) is 0 Å². The van der Waals surface area contributed by atoms with Gasteiger partial charge in [0.05, 0.1) is 9.72 Å². The summed E-state index contributed by atoms with van der Waals surface area (Å²) >= 11 is 10.4. The van der Waals surface area contributed by atoms with Crippen LogP contribution in [-0.2, 0) is 0 Å². The zero-order chi connectivity index (χ0) is 8.72. The van der Waals surface area contributed by atoms with Gasteiger partial charge in [0.1, 0.15) is 5.82 Å². The molecular formula is C8H3BrClFS. The van der Waals surface area contributed by atoms with Crippen LogP contribution >= 0.6 is 38.9 Å². The summed E-state index contributed by atoms with van der Waals surface area (Å²) in [5.74, 6) is -0.226. The molecule has 4 heteroatoms. The summed E-state index contributed by atoms with van der Waals surface area (Å²) in [6.45, 7) is 0. The molecule has 62 valence electrons. The van der Waals surface area contributed by atoms with E-state index in [4.69, 9.17) is 11.6 Å². The molecule has 0 saturated carbocycles. The van der Waals surface area contributed by atoms with Crippen molar-refractivity contribution >= 4 is 49.0 Å². The van der Waals surface area contributed by atoms with Gasteiger partial charge in [0.25, 0.3) is 0 Å². The van der Waals surface area contributed by atoms with Gasteiger partial charge >= 0.3 is 0 Å². The highest BCUT2D eigenvalue weighted by atomic mass is 79.9. The van der Waals surface area contributed by atoms with Crippen LogP contribution in [0.1, 0.15) is 0 Å². The highest BCUT2D eigenvalue weighted by Crippen LogP contribution is 2.33. The first kappa shape index (κ1) is 8.48. The van der Waals surface area contributed by atoms with Crippen LogP contribution in [0.4, 0.5) is 4.39 Å². The summed E-state index contributed by atoms with van der Waals surface area (Å²) in [6.07, 6.45) is 0. The van der Waals surface area contributed by atoms with E-state index in [1.807, 2.05) is 6.07 Å². The van der Waals surface area contributed by atoms with Gasteiger partial charge < -0.3 is 0 Å². The first-order valence-corrected chi connectivity index (χ1v) is 5.25. The molecule has 1 heterocycles. The Balaban J connectivity index is 2.92. The summed E-state index contributed by atoms with van der Waals surface area (Å²) in [5, 5.41) is 3.12. The minimum absolute atomic E-state index is 0.226. The molecule has 0 bridgehead atoms. The van der Waals surface area contributed by atoms with Gasteiger partial charge in [0.15, 0.2) is 0 Å². The zero-order valence-electron chi connectivity index (χ0n) is 5.77. The molecule has 2 rings (SSSR count). The number of benzene rings is 1. The van der Waals surface area contributed by atoms with Crippen LogP contribution in [0.5, 0.6) is 0 Å².